The van der Waals surface area contributed by atoms with Gasteiger partial charge in [0.25, 0.3) is 5.91 Å². The molecule has 1 N–H and O–H groups in total. The van der Waals surface area contributed by atoms with E-state index in [0.29, 0.717) is 17.1 Å². The van der Waals surface area contributed by atoms with Crippen LogP contribution in [-0.2, 0) is 14.3 Å². The normalized spacial score (nSPS) is 29.2. The fourth-order valence-corrected chi connectivity index (χ4v) is 6.05. The number of ketones is 1. The van der Waals surface area contributed by atoms with E-state index in [1.54, 1.807) is 25.1 Å². The maximum absolute atomic E-state index is 12.8. The van der Waals surface area contributed by atoms with Gasteiger partial charge in [0.15, 0.2) is 30.0 Å². The summed E-state index contributed by atoms with van der Waals surface area (Å²) in [5.74, 6) is 1.89. The molecule has 4 fully saturated rings. The van der Waals surface area contributed by atoms with Crippen molar-refractivity contribution in [3.8, 4) is 11.5 Å². The number of benzene rings is 1. The van der Waals surface area contributed by atoms with Crippen molar-refractivity contribution in [2.75, 3.05) is 13.7 Å². The maximum atomic E-state index is 12.8. The molecule has 1 atom stereocenters. The van der Waals surface area contributed by atoms with Gasteiger partial charge in [-0.1, -0.05) is 0 Å². The average Bonchev–Trinajstić information content (AvgIpc) is 2.70. The van der Waals surface area contributed by atoms with Gasteiger partial charge >= 0.3 is 5.97 Å². The standard InChI is InChI=1S/C24H31NO6/c1-14(26)19-4-5-20(21(9-19)29-3)30-13-22(27)31-15(2)23(28)25-24-10-16-6-17(11-24)8-18(7-16)12-24/h4-5,9,15-18H,6-8,10-13H2,1-3H3,(H,25,28)/t15-,16?,17?,18?,24?/m1/s1. The molecule has 5 rings (SSSR count). The van der Waals surface area contributed by atoms with E-state index in [-0.39, 0.29) is 23.8 Å². The lowest BCUT2D eigenvalue weighted by atomic mass is 9.53. The molecule has 4 aliphatic carbocycles. The smallest absolute Gasteiger partial charge is 0.344 e. The van der Waals surface area contributed by atoms with Crippen LogP contribution in [0.2, 0.25) is 0 Å². The van der Waals surface area contributed by atoms with E-state index in [1.165, 1.54) is 33.3 Å². The lowest BCUT2D eigenvalue weighted by molar-refractivity contribution is -0.158. The molecule has 0 aliphatic heterocycles. The van der Waals surface area contributed by atoms with E-state index in [2.05, 4.69) is 5.32 Å². The number of methoxy groups -OCH3 is 1. The fourth-order valence-electron chi connectivity index (χ4n) is 6.05. The highest BCUT2D eigenvalue weighted by molar-refractivity contribution is 5.94. The third-order valence-corrected chi connectivity index (χ3v) is 7.02. The van der Waals surface area contributed by atoms with Crippen LogP contribution >= 0.6 is 0 Å². The van der Waals surface area contributed by atoms with Crippen LogP contribution in [0.4, 0.5) is 0 Å². The number of nitrogens with one attached hydrogen (secondary N) is 1. The molecule has 7 nitrogen and oxygen atoms in total. The zero-order chi connectivity index (χ0) is 22.2. The van der Waals surface area contributed by atoms with Crippen molar-refractivity contribution >= 4 is 17.7 Å². The SMILES string of the molecule is COc1cc(C(C)=O)ccc1OCC(=O)O[C@H](C)C(=O)NC12CC3CC(CC(C3)C1)C2. The summed E-state index contributed by atoms with van der Waals surface area (Å²) in [6, 6.07) is 4.74. The van der Waals surface area contributed by atoms with Crippen LogP contribution in [0.25, 0.3) is 0 Å². The molecule has 4 bridgehead atoms. The first kappa shape index (κ1) is 21.7. The van der Waals surface area contributed by atoms with Gasteiger partial charge in [-0.15, -0.1) is 0 Å². The van der Waals surface area contributed by atoms with E-state index >= 15 is 0 Å². The number of hydrogen-bond acceptors (Lipinski definition) is 6. The molecule has 31 heavy (non-hydrogen) atoms. The Morgan fingerprint density at radius 3 is 2.23 bits per heavy atom. The van der Waals surface area contributed by atoms with Crippen LogP contribution in [0, 0.1) is 17.8 Å². The first-order chi connectivity index (χ1) is 14.8. The third-order valence-electron chi connectivity index (χ3n) is 7.02. The van der Waals surface area contributed by atoms with Crippen LogP contribution < -0.4 is 14.8 Å². The molecule has 4 aliphatic rings. The Labute approximate surface area is 182 Å². The molecule has 1 aromatic rings. The fraction of sp³-hybridized carbons (Fsp3) is 0.625. The van der Waals surface area contributed by atoms with E-state index in [9.17, 15) is 14.4 Å². The van der Waals surface area contributed by atoms with Gasteiger partial charge in [0.05, 0.1) is 7.11 Å². The highest BCUT2D eigenvalue weighted by Crippen LogP contribution is 2.55. The second-order valence-electron chi connectivity index (χ2n) is 9.53. The van der Waals surface area contributed by atoms with Gasteiger partial charge in [-0.3, -0.25) is 9.59 Å². The largest absolute Gasteiger partial charge is 0.493 e. The van der Waals surface area contributed by atoms with Crippen molar-refractivity contribution in [3.63, 3.8) is 0 Å². The lowest BCUT2D eigenvalue weighted by Crippen LogP contribution is -2.61. The van der Waals surface area contributed by atoms with Crippen LogP contribution in [-0.4, -0.2) is 43.0 Å². The number of hydrogen-bond donors (Lipinski definition) is 1. The maximum Gasteiger partial charge on any atom is 0.344 e. The van der Waals surface area contributed by atoms with E-state index in [1.807, 2.05) is 0 Å². The number of ether oxygens (including phenoxy) is 3. The van der Waals surface area contributed by atoms with E-state index in [0.717, 1.165) is 37.0 Å². The second-order valence-corrected chi connectivity index (χ2v) is 9.53. The number of carbonyl (C=O) groups is 3. The Balaban J connectivity index is 1.29. The van der Waals surface area contributed by atoms with Crippen LogP contribution in [0.1, 0.15) is 62.7 Å². The number of Topliss-reactive ketones (excluding diaryl/α,β-unsaturated/α-hetero) is 1. The van der Waals surface area contributed by atoms with Gasteiger partial charge in [0, 0.05) is 11.1 Å². The number of esters is 1. The summed E-state index contributed by atoms with van der Waals surface area (Å²) in [6.45, 7) is 2.70. The van der Waals surface area contributed by atoms with Crippen molar-refractivity contribution in [2.45, 2.75) is 64.0 Å². The van der Waals surface area contributed by atoms with Gasteiger partial charge < -0.3 is 19.5 Å². The molecule has 0 heterocycles. The third kappa shape index (κ3) is 4.70. The van der Waals surface area contributed by atoms with Crippen LogP contribution in [0.5, 0.6) is 11.5 Å². The minimum atomic E-state index is -0.883. The summed E-state index contributed by atoms with van der Waals surface area (Å²) in [7, 11) is 1.46. The number of carbonyl (C=O) groups excluding carboxylic acids is 3. The Bertz CT molecular complexity index is 844. The summed E-state index contributed by atoms with van der Waals surface area (Å²) in [5, 5.41) is 3.23. The predicted molar refractivity (Wildman–Crippen MR) is 113 cm³/mol. The molecule has 0 aromatic heterocycles. The molecular formula is C24H31NO6. The zero-order valence-corrected chi connectivity index (χ0v) is 18.4. The predicted octanol–water partition coefficient (Wildman–Crippen LogP) is 3.29. The van der Waals surface area contributed by atoms with Crippen molar-refractivity contribution in [1.29, 1.82) is 0 Å². The Hall–Kier alpha value is -2.57. The highest BCUT2D eigenvalue weighted by Gasteiger charge is 2.51. The Morgan fingerprint density at radius 2 is 1.68 bits per heavy atom. The van der Waals surface area contributed by atoms with Crippen molar-refractivity contribution in [3.05, 3.63) is 23.8 Å². The second kappa shape index (κ2) is 8.52. The van der Waals surface area contributed by atoms with E-state index < -0.39 is 12.1 Å². The first-order valence-corrected chi connectivity index (χ1v) is 11.1. The molecule has 1 aromatic carbocycles. The zero-order valence-electron chi connectivity index (χ0n) is 18.4. The summed E-state index contributed by atoms with van der Waals surface area (Å²) in [4.78, 5) is 36.5. The van der Waals surface area contributed by atoms with Crippen molar-refractivity contribution < 1.29 is 28.6 Å². The molecule has 168 valence electrons. The first-order valence-electron chi connectivity index (χ1n) is 11.1. The summed E-state index contributed by atoms with van der Waals surface area (Å²) in [6.07, 6.45) is 6.15. The van der Waals surface area contributed by atoms with Crippen LogP contribution in [0.3, 0.4) is 0 Å². The molecule has 4 saturated carbocycles. The molecule has 0 radical (unpaired) electrons. The Morgan fingerprint density at radius 1 is 1.06 bits per heavy atom. The highest BCUT2D eigenvalue weighted by atomic mass is 16.6. The molecule has 0 spiro atoms. The molecule has 1 amide bonds. The summed E-state index contributed by atoms with van der Waals surface area (Å²) >= 11 is 0. The monoisotopic (exact) mass is 429 g/mol. The average molecular weight is 430 g/mol. The lowest BCUT2D eigenvalue weighted by Gasteiger charge is -2.57. The van der Waals surface area contributed by atoms with Gasteiger partial charge in [-0.2, -0.15) is 0 Å². The topological polar surface area (TPSA) is 90.9 Å². The Kier molecular flexibility index (Phi) is 5.95. The minimum absolute atomic E-state index is 0.0943. The van der Waals surface area contributed by atoms with Gasteiger partial charge in [-0.05, 0) is 88.3 Å². The van der Waals surface area contributed by atoms with Crippen LogP contribution in [0.15, 0.2) is 18.2 Å². The summed E-state index contributed by atoms with van der Waals surface area (Å²) < 4.78 is 16.0. The van der Waals surface area contributed by atoms with Gasteiger partial charge in [-0.25, -0.2) is 4.79 Å². The quantitative estimate of drug-likeness (QED) is 0.504. The molecule has 7 heteroatoms. The summed E-state index contributed by atoms with van der Waals surface area (Å²) in [5.41, 5.74) is 0.371. The molecule has 0 saturated heterocycles. The molecule has 0 unspecified atom stereocenters. The minimum Gasteiger partial charge on any atom is -0.493 e. The number of amides is 1. The molecular weight excluding hydrogens is 398 g/mol. The van der Waals surface area contributed by atoms with E-state index in [4.69, 9.17) is 14.2 Å². The van der Waals surface area contributed by atoms with Crippen molar-refractivity contribution in [1.82, 2.24) is 5.32 Å². The van der Waals surface area contributed by atoms with Gasteiger partial charge in [0.2, 0.25) is 0 Å². The van der Waals surface area contributed by atoms with Gasteiger partial charge in [0.1, 0.15) is 0 Å². The number of rotatable bonds is 8. The van der Waals surface area contributed by atoms with Crippen molar-refractivity contribution in [2.24, 2.45) is 17.8 Å².